The van der Waals surface area contributed by atoms with E-state index in [1.807, 2.05) is 12.1 Å². The molecule has 4 atom stereocenters. The Kier molecular flexibility index (Phi) is 9.57. The molecule has 12 heteroatoms. The van der Waals surface area contributed by atoms with Gasteiger partial charge in [-0.3, -0.25) is 10.1 Å². The van der Waals surface area contributed by atoms with Gasteiger partial charge in [0, 0.05) is 32.4 Å². The third-order valence-corrected chi connectivity index (χ3v) is 8.12. The van der Waals surface area contributed by atoms with Crippen molar-refractivity contribution in [2.75, 3.05) is 18.6 Å². The van der Waals surface area contributed by atoms with Crippen LogP contribution in [0.4, 0.5) is 23.2 Å². The number of nitrogens with one attached hydrogen (secondary N) is 1. The average Bonchev–Trinajstić information content (AvgIpc) is 2.83. The molecule has 1 fully saturated rings. The monoisotopic (exact) mass is 574 g/mol. The van der Waals surface area contributed by atoms with Crippen LogP contribution in [0.2, 0.25) is 0 Å². The van der Waals surface area contributed by atoms with E-state index in [4.69, 9.17) is 4.74 Å². The first-order valence-corrected chi connectivity index (χ1v) is 13.6. The maximum Gasteiger partial charge on any atom is 0.455 e. The zero-order valence-electron chi connectivity index (χ0n) is 22.5. The third-order valence-electron chi connectivity index (χ3n) is 6.86. The van der Waals surface area contributed by atoms with Gasteiger partial charge in [-0.25, -0.2) is 0 Å². The van der Waals surface area contributed by atoms with Gasteiger partial charge >= 0.3 is 17.7 Å². The highest BCUT2D eigenvalue weighted by atomic mass is 32.2. The van der Waals surface area contributed by atoms with Gasteiger partial charge in [-0.1, -0.05) is 45.0 Å². The maximum atomic E-state index is 14.8. The van der Waals surface area contributed by atoms with Crippen LogP contribution in [0.3, 0.4) is 0 Å². The third kappa shape index (κ3) is 7.41. The van der Waals surface area contributed by atoms with Crippen molar-refractivity contribution in [2.24, 2.45) is 5.92 Å². The van der Waals surface area contributed by atoms with Crippen molar-refractivity contribution in [3.8, 4) is 5.75 Å². The number of nitro benzene ring substituents is 1. The van der Waals surface area contributed by atoms with E-state index in [0.29, 0.717) is 25.0 Å². The number of hydrogen-bond donors (Lipinski definition) is 2. The molecule has 0 spiro atoms. The minimum absolute atomic E-state index is 0.00923. The fourth-order valence-electron chi connectivity index (χ4n) is 4.36. The Morgan fingerprint density at radius 1 is 1.13 bits per heavy atom. The van der Waals surface area contributed by atoms with Crippen LogP contribution in [0.5, 0.6) is 5.75 Å². The summed E-state index contributed by atoms with van der Waals surface area (Å²) in [5.74, 6) is -4.69. The summed E-state index contributed by atoms with van der Waals surface area (Å²) < 4.78 is 64.6. The molecule has 0 saturated carbocycles. The van der Waals surface area contributed by atoms with E-state index < -0.39 is 40.2 Å². The Morgan fingerprint density at radius 2 is 1.82 bits per heavy atom. The second kappa shape index (κ2) is 12.0. The molecule has 1 saturated heterocycles. The van der Waals surface area contributed by atoms with E-state index in [0.717, 1.165) is 24.8 Å². The molecule has 3 rings (SSSR count). The van der Waals surface area contributed by atoms with Gasteiger partial charge < -0.3 is 19.9 Å². The number of halogens is 4. The zero-order chi connectivity index (χ0) is 29.2. The second-order valence-corrected chi connectivity index (χ2v) is 11.9. The molecule has 0 aromatic heterocycles. The van der Waals surface area contributed by atoms with Gasteiger partial charge in [0.05, 0.1) is 11.0 Å². The Bertz CT molecular complexity index is 1170. The molecule has 0 amide bonds. The highest BCUT2D eigenvalue weighted by Gasteiger charge is 2.55. The maximum absolute atomic E-state index is 14.8. The number of benzene rings is 2. The van der Waals surface area contributed by atoms with E-state index >= 15 is 0 Å². The number of alkyl halides is 3. The Morgan fingerprint density at radius 3 is 2.41 bits per heavy atom. The van der Waals surface area contributed by atoms with Crippen molar-refractivity contribution >= 4 is 17.4 Å². The van der Waals surface area contributed by atoms with Crippen molar-refractivity contribution in [3.05, 3.63) is 69.0 Å². The predicted octanol–water partition coefficient (Wildman–Crippen LogP) is 5.76. The number of thioether (sulfide) groups is 1. The topological polar surface area (TPSA) is 93.9 Å². The second-order valence-electron chi connectivity index (χ2n) is 10.9. The van der Waals surface area contributed by atoms with Gasteiger partial charge in [-0.05, 0) is 52.3 Å². The lowest BCUT2D eigenvalue weighted by Gasteiger charge is -2.35. The first kappa shape index (κ1) is 31.1. The summed E-state index contributed by atoms with van der Waals surface area (Å²) in [7, 11) is 0.738. The van der Waals surface area contributed by atoms with Crippen molar-refractivity contribution in [1.29, 1.82) is 0 Å². The number of methoxy groups -OCH3 is 1. The molecule has 2 aromatic carbocycles. The number of hydrogen-bond acceptors (Lipinski definition) is 7. The van der Waals surface area contributed by atoms with Gasteiger partial charge in [-0.2, -0.15) is 29.3 Å². The highest BCUT2D eigenvalue weighted by Crippen LogP contribution is 2.41. The molecule has 0 radical (unpaired) electrons. The highest BCUT2D eigenvalue weighted by molar-refractivity contribution is 7.99. The van der Waals surface area contributed by atoms with Gasteiger partial charge in [0.1, 0.15) is 0 Å². The summed E-state index contributed by atoms with van der Waals surface area (Å²) in [6.45, 7) is 7.46. The number of aliphatic hydroxyl groups excluding tert-OH is 1. The summed E-state index contributed by atoms with van der Waals surface area (Å²) in [4.78, 5) is 10.3. The molecule has 7 nitrogen and oxygen atoms in total. The summed E-state index contributed by atoms with van der Waals surface area (Å²) in [6, 6.07) is 9.79. The van der Waals surface area contributed by atoms with Crippen LogP contribution in [0.15, 0.2) is 36.4 Å². The molecule has 216 valence electrons. The largest absolute Gasteiger partial charge is 0.455 e. The van der Waals surface area contributed by atoms with Crippen molar-refractivity contribution in [2.45, 2.75) is 70.2 Å². The lowest BCUT2D eigenvalue weighted by atomic mass is 9.86. The normalized spacial score (nSPS) is 21.8. The van der Waals surface area contributed by atoms with Gasteiger partial charge in [0.2, 0.25) is 11.6 Å². The van der Waals surface area contributed by atoms with E-state index in [1.54, 1.807) is 11.8 Å². The van der Waals surface area contributed by atoms with Gasteiger partial charge in [0.15, 0.2) is 0 Å². The number of nitrogens with zero attached hydrogens (tertiary/aromatic N) is 1. The molecule has 2 N–H and O–H groups in total. The fourth-order valence-corrected chi connectivity index (χ4v) is 5.68. The van der Waals surface area contributed by atoms with Crippen LogP contribution in [0, 0.1) is 21.8 Å². The SMILES string of the molecule is CO[C@](C)(Oc1cc(C[C@@H]2CSC[C@H](NCc3cccc(C(C)(C)C)c3)[C@H]2O)cc(F)c1[N+](=O)[O-])C(F)(F)F. The van der Waals surface area contributed by atoms with E-state index in [-0.39, 0.29) is 29.4 Å². The number of rotatable bonds is 9. The van der Waals surface area contributed by atoms with Gasteiger partial charge in [-0.15, -0.1) is 0 Å². The van der Waals surface area contributed by atoms with E-state index in [2.05, 4.69) is 43.0 Å². The fraction of sp³-hybridized carbons (Fsp3) is 0.556. The molecular formula is C27H34F4N2O5S. The smallest absolute Gasteiger partial charge is 0.446 e. The summed E-state index contributed by atoms with van der Waals surface area (Å²) >= 11 is 1.59. The van der Waals surface area contributed by atoms with Crippen LogP contribution in [0.1, 0.15) is 44.4 Å². The average molecular weight is 575 g/mol. The molecular weight excluding hydrogens is 540 g/mol. The molecule has 2 aromatic rings. The van der Waals surface area contributed by atoms with Crippen LogP contribution in [-0.2, 0) is 23.1 Å². The molecule has 0 bridgehead atoms. The Labute approximate surface area is 229 Å². The predicted molar refractivity (Wildman–Crippen MR) is 141 cm³/mol. The van der Waals surface area contributed by atoms with E-state index in [1.165, 1.54) is 5.56 Å². The number of aliphatic hydroxyl groups is 1. The summed E-state index contributed by atoms with van der Waals surface area (Å²) in [5, 5.41) is 25.9. The van der Waals surface area contributed by atoms with Gasteiger partial charge in [0.25, 0.3) is 0 Å². The lowest BCUT2D eigenvalue weighted by Crippen LogP contribution is -2.49. The first-order valence-electron chi connectivity index (χ1n) is 12.4. The van der Waals surface area contributed by atoms with Crippen molar-refractivity contribution < 1.29 is 37.1 Å². The minimum atomic E-state index is -5.05. The van der Waals surface area contributed by atoms with Crippen LogP contribution in [0.25, 0.3) is 0 Å². The molecule has 39 heavy (non-hydrogen) atoms. The standard InChI is InChI=1S/C27H34F4N2O5S/c1-25(2,3)19-8-6-7-16(10-19)13-32-21-15-39-14-18(24(21)34)9-17-11-20(28)23(33(35)36)22(12-17)38-26(4,37-5)27(29,30)31/h6-8,10-12,18,21,24,32,34H,9,13-15H2,1-5H3/t18-,21+,24+,26-/m1/s1. The van der Waals surface area contributed by atoms with Crippen molar-refractivity contribution in [1.82, 2.24) is 5.32 Å². The van der Waals surface area contributed by atoms with Crippen molar-refractivity contribution in [3.63, 3.8) is 0 Å². The molecule has 0 unspecified atom stereocenters. The first-order chi connectivity index (χ1) is 18.1. The van der Waals surface area contributed by atoms with E-state index in [9.17, 15) is 32.8 Å². The number of nitro groups is 1. The lowest BCUT2D eigenvalue weighted by molar-refractivity contribution is -0.392. The van der Waals surface area contributed by atoms with Crippen LogP contribution >= 0.6 is 11.8 Å². The summed E-state index contributed by atoms with van der Waals surface area (Å²) in [6.07, 6.45) is -5.81. The molecule has 1 heterocycles. The molecule has 1 aliphatic heterocycles. The quantitative estimate of drug-likeness (QED) is 0.170. The van der Waals surface area contributed by atoms with Crippen LogP contribution < -0.4 is 10.1 Å². The Hall–Kier alpha value is -2.41. The minimum Gasteiger partial charge on any atom is -0.446 e. The zero-order valence-corrected chi connectivity index (χ0v) is 23.3. The summed E-state index contributed by atoms with van der Waals surface area (Å²) in [5.41, 5.74) is 1.18. The number of ether oxygens (including phenoxy) is 2. The molecule has 0 aliphatic carbocycles. The van der Waals surface area contributed by atoms with Crippen LogP contribution in [-0.4, -0.2) is 52.8 Å². The Balaban J connectivity index is 1.78. The molecule has 1 aliphatic rings.